The van der Waals surface area contributed by atoms with Gasteiger partial charge in [-0.1, -0.05) is 12.1 Å². The summed E-state index contributed by atoms with van der Waals surface area (Å²) in [5, 5.41) is 5.32. The Balaban J connectivity index is 0.000000335. The van der Waals surface area contributed by atoms with Gasteiger partial charge in [0.15, 0.2) is 0 Å². The van der Waals surface area contributed by atoms with E-state index in [4.69, 9.17) is 0 Å². The molecule has 0 amide bonds. The fourth-order valence-corrected chi connectivity index (χ4v) is 2.14. The summed E-state index contributed by atoms with van der Waals surface area (Å²) >= 11 is 0. The van der Waals surface area contributed by atoms with E-state index in [2.05, 4.69) is 105 Å². The summed E-state index contributed by atoms with van der Waals surface area (Å²) in [6.07, 6.45) is 0. The second kappa shape index (κ2) is 12.8. The fraction of sp³-hybridized carbons (Fsp3) is 0.0455. The fourth-order valence-electron chi connectivity index (χ4n) is 2.14. The molecule has 0 bridgehead atoms. The Morgan fingerprint density at radius 3 is 1.35 bits per heavy atom. The number of hydrogen-bond acceptors (Lipinski definition) is 0. The normalized spacial score (nSPS) is 8.43. The third-order valence-electron chi connectivity index (χ3n) is 3.10. The van der Waals surface area contributed by atoms with Crippen molar-refractivity contribution in [1.29, 1.82) is 0 Å². The number of benzene rings is 2. The van der Waals surface area contributed by atoms with Gasteiger partial charge in [-0.3, -0.25) is 0 Å². The van der Waals surface area contributed by atoms with Crippen LogP contribution in [0.25, 0.3) is 21.5 Å². The van der Waals surface area contributed by atoms with E-state index < -0.39 is 0 Å². The third kappa shape index (κ3) is 6.51. The van der Waals surface area contributed by atoms with E-state index >= 15 is 0 Å². The van der Waals surface area contributed by atoms with Gasteiger partial charge in [0.1, 0.15) is 0 Å². The maximum Gasteiger partial charge on any atom is 3.00 e. The summed E-state index contributed by atoms with van der Waals surface area (Å²) in [6.45, 7) is 11.0. The van der Waals surface area contributed by atoms with E-state index in [1.54, 1.807) is 6.92 Å². The summed E-state index contributed by atoms with van der Waals surface area (Å²) in [4.78, 5) is 0. The van der Waals surface area contributed by atoms with Crippen molar-refractivity contribution in [3.63, 3.8) is 0 Å². The Morgan fingerprint density at radius 1 is 0.652 bits per heavy atom. The van der Waals surface area contributed by atoms with Gasteiger partial charge in [0.05, 0.1) is 0 Å². The van der Waals surface area contributed by atoms with Gasteiger partial charge in [-0.25, -0.2) is 0 Å². The molecular formula is C22H23Zr. The molecular weight excluding hydrogens is 355 g/mol. The zero-order chi connectivity index (χ0) is 16.2. The quantitative estimate of drug-likeness (QED) is 0.234. The van der Waals surface area contributed by atoms with Crippen LogP contribution in [0.5, 0.6) is 0 Å². The molecule has 0 heterocycles. The molecule has 0 aromatic heterocycles. The summed E-state index contributed by atoms with van der Waals surface area (Å²) < 4.78 is 0. The van der Waals surface area contributed by atoms with Crippen LogP contribution in [0.15, 0.2) is 98.1 Å². The first-order valence-corrected chi connectivity index (χ1v) is 7.35. The molecule has 23 heavy (non-hydrogen) atoms. The van der Waals surface area contributed by atoms with Crippen molar-refractivity contribution in [1.82, 2.24) is 0 Å². The Hall–Kier alpha value is -1.72. The average Bonchev–Trinajstić information content (AvgIpc) is 3.28. The molecule has 4 aromatic carbocycles. The van der Waals surface area contributed by atoms with E-state index in [0.29, 0.717) is 0 Å². The molecule has 4 aromatic rings. The topological polar surface area (TPSA) is 0 Å². The van der Waals surface area contributed by atoms with Crippen LogP contribution in [-0.2, 0) is 26.2 Å². The van der Waals surface area contributed by atoms with Gasteiger partial charge in [-0.15, -0.1) is 72.5 Å². The first kappa shape index (κ1) is 21.3. The molecule has 0 saturated heterocycles. The number of hydrogen-bond donors (Lipinski definition) is 0. The maximum absolute atomic E-state index is 3.25. The van der Waals surface area contributed by atoms with E-state index in [1.165, 1.54) is 21.5 Å². The standard InChI is InChI=1S/2C9H7.C2H5.C2H4.Zr/c2*1-2-5-9-7-3-6-8(9)4-1;2*1-2;/h2*1-7H;1H2,2H3;1-2H2;/q3*-1;;+3. The summed E-state index contributed by atoms with van der Waals surface area (Å²) in [5.41, 5.74) is 0. The van der Waals surface area contributed by atoms with E-state index in [-0.39, 0.29) is 26.2 Å². The Kier molecular flexibility index (Phi) is 11.8. The summed E-state index contributed by atoms with van der Waals surface area (Å²) in [6, 6.07) is 29.3. The summed E-state index contributed by atoms with van der Waals surface area (Å²) in [7, 11) is 0. The molecule has 115 valence electrons. The minimum absolute atomic E-state index is 0. The van der Waals surface area contributed by atoms with Crippen molar-refractivity contribution >= 4 is 21.5 Å². The molecule has 0 nitrogen and oxygen atoms in total. The van der Waals surface area contributed by atoms with Crippen molar-refractivity contribution in [2.75, 3.05) is 0 Å². The van der Waals surface area contributed by atoms with Crippen molar-refractivity contribution in [3.05, 3.63) is 105 Å². The Labute approximate surface area is 159 Å². The van der Waals surface area contributed by atoms with Gasteiger partial charge in [0.2, 0.25) is 0 Å². The number of fused-ring (bicyclic) bond motifs is 2. The maximum atomic E-state index is 3.25. The van der Waals surface area contributed by atoms with Gasteiger partial charge in [0.25, 0.3) is 0 Å². The molecule has 0 aliphatic rings. The molecule has 0 saturated carbocycles. The molecule has 0 N–H and O–H groups in total. The zero-order valence-corrected chi connectivity index (χ0v) is 16.2. The van der Waals surface area contributed by atoms with E-state index in [1.807, 2.05) is 0 Å². The molecule has 1 radical (unpaired) electrons. The first-order valence-electron chi connectivity index (χ1n) is 7.35. The van der Waals surface area contributed by atoms with Crippen LogP contribution < -0.4 is 0 Å². The van der Waals surface area contributed by atoms with Crippen molar-refractivity contribution in [3.8, 4) is 0 Å². The molecule has 0 spiro atoms. The van der Waals surface area contributed by atoms with Crippen molar-refractivity contribution in [2.24, 2.45) is 0 Å². The monoisotopic (exact) mass is 377 g/mol. The molecule has 0 aliphatic heterocycles. The Bertz CT molecular complexity index is 635. The predicted octanol–water partition coefficient (Wildman–Crippen LogP) is 6.76. The van der Waals surface area contributed by atoms with Gasteiger partial charge < -0.3 is 6.92 Å². The number of rotatable bonds is 0. The first-order chi connectivity index (χ1) is 10.9. The second-order valence-corrected chi connectivity index (χ2v) is 4.31. The van der Waals surface area contributed by atoms with Crippen LogP contribution in [0.1, 0.15) is 6.92 Å². The van der Waals surface area contributed by atoms with Crippen LogP contribution >= 0.6 is 0 Å². The van der Waals surface area contributed by atoms with Crippen molar-refractivity contribution < 1.29 is 26.2 Å². The van der Waals surface area contributed by atoms with Gasteiger partial charge >= 0.3 is 26.2 Å². The van der Waals surface area contributed by atoms with Crippen LogP contribution in [-0.4, -0.2) is 0 Å². The van der Waals surface area contributed by atoms with E-state index in [0.717, 1.165) is 0 Å². The van der Waals surface area contributed by atoms with Gasteiger partial charge in [-0.05, 0) is 0 Å². The molecule has 0 unspecified atom stereocenters. The van der Waals surface area contributed by atoms with E-state index in [9.17, 15) is 0 Å². The molecule has 0 atom stereocenters. The third-order valence-corrected chi connectivity index (χ3v) is 3.10. The Morgan fingerprint density at radius 2 is 1.00 bits per heavy atom. The van der Waals surface area contributed by atoms with Crippen LogP contribution in [0.4, 0.5) is 0 Å². The van der Waals surface area contributed by atoms with Gasteiger partial charge in [0, 0.05) is 0 Å². The molecule has 1 heteroatoms. The minimum Gasteiger partial charge on any atom is -0.346 e. The predicted molar refractivity (Wildman–Crippen MR) is 101 cm³/mol. The largest absolute Gasteiger partial charge is 3.00 e. The van der Waals surface area contributed by atoms with Crippen LogP contribution in [0.3, 0.4) is 0 Å². The smallest absolute Gasteiger partial charge is 0.346 e. The average molecular weight is 379 g/mol. The molecule has 0 fully saturated rings. The summed E-state index contributed by atoms with van der Waals surface area (Å²) in [5.74, 6) is 0. The van der Waals surface area contributed by atoms with Crippen molar-refractivity contribution in [2.45, 2.75) is 6.92 Å². The zero-order valence-electron chi connectivity index (χ0n) is 13.7. The molecule has 0 aliphatic carbocycles. The molecule has 4 rings (SSSR count). The second-order valence-electron chi connectivity index (χ2n) is 4.31. The van der Waals surface area contributed by atoms with Crippen LogP contribution in [0, 0.1) is 6.92 Å². The SMILES string of the molecule is C=C.[CH2-]C.[Zr+3].c1ccc2[cH-]ccc2c1.c1ccc2[cH-]ccc2c1. The van der Waals surface area contributed by atoms with Gasteiger partial charge in [-0.2, -0.15) is 42.0 Å². The van der Waals surface area contributed by atoms with Crippen LogP contribution in [0.2, 0.25) is 0 Å². The minimum atomic E-state index is 0.